The normalized spacial score (nSPS) is 10.8. The van der Waals surface area contributed by atoms with Crippen LogP contribution in [0.2, 0.25) is 0 Å². The monoisotopic (exact) mass is 335 g/mol. The van der Waals surface area contributed by atoms with E-state index in [0.29, 0.717) is 6.07 Å². The molecular formula is C16H8F3NO4. The molecule has 0 radical (unpaired) electrons. The maximum atomic E-state index is 14.5. The van der Waals surface area contributed by atoms with E-state index < -0.39 is 51.3 Å². The first-order chi connectivity index (χ1) is 11.4. The lowest BCUT2D eigenvalue weighted by Crippen LogP contribution is -2.12. The minimum Gasteiger partial charge on any atom is -0.475 e. The molecule has 0 aliphatic carbocycles. The molecule has 0 saturated carbocycles. The molecule has 0 aliphatic heterocycles. The summed E-state index contributed by atoms with van der Waals surface area (Å²) in [7, 11) is 0. The molecule has 1 heterocycles. The highest BCUT2D eigenvalue weighted by Crippen LogP contribution is 2.32. The first kappa shape index (κ1) is 15.6. The van der Waals surface area contributed by atoms with Crippen molar-refractivity contribution in [2.75, 3.05) is 5.32 Å². The predicted octanol–water partition coefficient (Wildman–Crippen LogP) is 3.65. The molecule has 3 aromatic rings. The molecular weight excluding hydrogens is 327 g/mol. The van der Waals surface area contributed by atoms with E-state index in [4.69, 9.17) is 9.52 Å². The number of para-hydroxylation sites is 1. The van der Waals surface area contributed by atoms with E-state index in [1.54, 1.807) is 18.2 Å². The summed E-state index contributed by atoms with van der Waals surface area (Å²) in [6, 6.07) is 8.24. The first-order valence-corrected chi connectivity index (χ1v) is 6.60. The van der Waals surface area contributed by atoms with Gasteiger partial charge in [0.05, 0.1) is 0 Å². The third-order valence-electron chi connectivity index (χ3n) is 3.25. The molecule has 0 fully saturated rings. The quantitative estimate of drug-likeness (QED) is 0.714. The van der Waals surface area contributed by atoms with Crippen LogP contribution in [0.4, 0.5) is 24.5 Å². The van der Waals surface area contributed by atoms with Gasteiger partial charge in [-0.15, -0.1) is 0 Å². The Morgan fingerprint density at radius 3 is 2.33 bits per heavy atom. The topological polar surface area (TPSA) is 79.5 Å². The van der Waals surface area contributed by atoms with Crippen molar-refractivity contribution in [2.24, 2.45) is 0 Å². The van der Waals surface area contributed by atoms with Crippen molar-refractivity contribution in [3.8, 4) is 0 Å². The number of nitrogens with one attached hydrogen (secondary N) is 1. The maximum absolute atomic E-state index is 14.5. The van der Waals surface area contributed by atoms with Crippen LogP contribution in [0.25, 0.3) is 11.0 Å². The number of hydrogen-bond donors (Lipinski definition) is 2. The van der Waals surface area contributed by atoms with Crippen LogP contribution >= 0.6 is 0 Å². The molecule has 24 heavy (non-hydrogen) atoms. The second kappa shape index (κ2) is 5.73. The summed E-state index contributed by atoms with van der Waals surface area (Å²) in [5, 5.41) is 10.2. The number of fused-ring (bicyclic) bond motifs is 1. The average molecular weight is 335 g/mol. The lowest BCUT2D eigenvalue weighted by atomic mass is 10.1. The maximum Gasteiger partial charge on any atom is 0.371 e. The van der Waals surface area contributed by atoms with E-state index in [0.717, 1.165) is 0 Å². The van der Waals surface area contributed by atoms with Crippen LogP contribution in [0, 0.1) is 17.5 Å². The van der Waals surface area contributed by atoms with Gasteiger partial charge in [-0.2, -0.15) is 0 Å². The fourth-order valence-electron chi connectivity index (χ4n) is 2.17. The van der Waals surface area contributed by atoms with Gasteiger partial charge in [-0.25, -0.2) is 18.0 Å². The Bertz CT molecular complexity index is 1020. The molecule has 0 saturated heterocycles. The molecule has 0 atom stereocenters. The number of aromatic carboxylic acids is 1. The lowest BCUT2D eigenvalue weighted by molar-refractivity contribution is 0.0662. The number of benzene rings is 2. The highest BCUT2D eigenvalue weighted by Gasteiger charge is 2.25. The number of hydrogen-bond acceptors (Lipinski definition) is 4. The molecule has 122 valence electrons. The van der Waals surface area contributed by atoms with Gasteiger partial charge in [-0.1, -0.05) is 18.2 Å². The minimum absolute atomic E-state index is 0.255. The van der Waals surface area contributed by atoms with E-state index in [9.17, 15) is 22.8 Å². The molecule has 0 amide bonds. The third-order valence-corrected chi connectivity index (χ3v) is 3.25. The van der Waals surface area contributed by atoms with Crippen LogP contribution in [0.3, 0.4) is 0 Å². The Hall–Kier alpha value is -3.29. The van der Waals surface area contributed by atoms with Crippen molar-refractivity contribution >= 4 is 28.3 Å². The summed E-state index contributed by atoms with van der Waals surface area (Å²) in [4.78, 5) is 22.7. The number of carbonyl (C=O) groups is 1. The van der Waals surface area contributed by atoms with E-state index in [1.807, 2.05) is 0 Å². The zero-order valence-electron chi connectivity index (χ0n) is 11.8. The smallest absolute Gasteiger partial charge is 0.371 e. The van der Waals surface area contributed by atoms with E-state index in [1.165, 1.54) is 12.1 Å². The standard InChI is InChI=1S/C16H8F3NO4/c17-11-10-8(21)6-9(16(22)23)24-15(10)13(19)14(12(11)18)20-7-4-2-1-3-5-7/h1-6,20H,(H,22,23). The molecule has 3 rings (SSSR count). The fourth-order valence-corrected chi connectivity index (χ4v) is 2.17. The highest BCUT2D eigenvalue weighted by molar-refractivity contribution is 5.89. The van der Waals surface area contributed by atoms with Crippen molar-refractivity contribution in [2.45, 2.75) is 0 Å². The van der Waals surface area contributed by atoms with Gasteiger partial charge in [-0.05, 0) is 12.1 Å². The fraction of sp³-hybridized carbons (Fsp3) is 0. The molecule has 2 N–H and O–H groups in total. The van der Waals surface area contributed by atoms with Crippen LogP contribution in [-0.4, -0.2) is 11.1 Å². The van der Waals surface area contributed by atoms with E-state index >= 15 is 0 Å². The zero-order valence-corrected chi connectivity index (χ0v) is 11.8. The zero-order chi connectivity index (χ0) is 17.4. The van der Waals surface area contributed by atoms with Crippen LogP contribution in [0.15, 0.2) is 45.6 Å². The second-order valence-corrected chi connectivity index (χ2v) is 4.79. The lowest BCUT2D eigenvalue weighted by Gasteiger charge is -2.11. The van der Waals surface area contributed by atoms with Crippen LogP contribution in [-0.2, 0) is 0 Å². The average Bonchev–Trinajstić information content (AvgIpc) is 2.57. The van der Waals surface area contributed by atoms with E-state index in [2.05, 4.69) is 5.32 Å². The van der Waals surface area contributed by atoms with Gasteiger partial charge in [0.25, 0.3) is 0 Å². The van der Waals surface area contributed by atoms with Crippen molar-refractivity contribution in [1.82, 2.24) is 0 Å². The molecule has 0 spiro atoms. The summed E-state index contributed by atoms with van der Waals surface area (Å²) < 4.78 is 47.5. The van der Waals surface area contributed by atoms with Gasteiger partial charge < -0.3 is 14.8 Å². The number of anilines is 2. The number of rotatable bonds is 3. The van der Waals surface area contributed by atoms with Crippen LogP contribution in [0.1, 0.15) is 10.6 Å². The molecule has 5 nitrogen and oxygen atoms in total. The second-order valence-electron chi connectivity index (χ2n) is 4.79. The molecule has 1 aromatic heterocycles. The van der Waals surface area contributed by atoms with E-state index in [-0.39, 0.29) is 5.69 Å². The molecule has 0 bridgehead atoms. The Balaban J connectivity index is 2.31. The largest absolute Gasteiger partial charge is 0.475 e. The highest BCUT2D eigenvalue weighted by atomic mass is 19.2. The van der Waals surface area contributed by atoms with Gasteiger partial charge in [0.15, 0.2) is 28.5 Å². The Morgan fingerprint density at radius 1 is 1.04 bits per heavy atom. The van der Waals surface area contributed by atoms with Gasteiger partial charge in [-0.3, -0.25) is 4.79 Å². The molecule has 8 heteroatoms. The Morgan fingerprint density at radius 2 is 1.71 bits per heavy atom. The van der Waals surface area contributed by atoms with Crippen molar-refractivity contribution in [3.63, 3.8) is 0 Å². The molecule has 0 aliphatic rings. The Kier molecular flexibility index (Phi) is 3.72. The number of halogens is 3. The SMILES string of the molecule is O=C(O)c1cc(=O)c2c(F)c(F)c(Nc3ccccc3)c(F)c2o1. The third kappa shape index (κ3) is 2.47. The van der Waals surface area contributed by atoms with Crippen LogP contribution < -0.4 is 10.7 Å². The molecule has 0 unspecified atom stereocenters. The summed E-state index contributed by atoms with van der Waals surface area (Å²) in [6.45, 7) is 0. The van der Waals surface area contributed by atoms with Crippen LogP contribution in [0.5, 0.6) is 0 Å². The van der Waals surface area contributed by atoms with Gasteiger partial charge in [0, 0.05) is 11.8 Å². The summed E-state index contributed by atoms with van der Waals surface area (Å²) in [5.74, 6) is -7.18. The van der Waals surface area contributed by atoms with Gasteiger partial charge in [0.2, 0.25) is 5.76 Å². The minimum atomic E-state index is -1.64. The predicted molar refractivity (Wildman–Crippen MR) is 79.0 cm³/mol. The number of carboxylic acids is 1. The Labute approximate surface area is 132 Å². The number of carboxylic acid groups (broad SMARTS) is 1. The first-order valence-electron chi connectivity index (χ1n) is 6.60. The van der Waals surface area contributed by atoms with Gasteiger partial charge >= 0.3 is 5.97 Å². The van der Waals surface area contributed by atoms with Crippen molar-refractivity contribution in [1.29, 1.82) is 0 Å². The summed E-state index contributed by atoms with van der Waals surface area (Å²) in [6.07, 6.45) is 0. The van der Waals surface area contributed by atoms with Gasteiger partial charge in [0.1, 0.15) is 11.1 Å². The molecule has 2 aromatic carbocycles. The summed E-state index contributed by atoms with van der Waals surface area (Å²) >= 11 is 0. The van der Waals surface area contributed by atoms with Crippen molar-refractivity contribution < 1.29 is 27.5 Å². The summed E-state index contributed by atoms with van der Waals surface area (Å²) in [5.41, 5.74) is -2.81. The van der Waals surface area contributed by atoms with Crippen molar-refractivity contribution in [3.05, 3.63) is 69.8 Å².